The summed E-state index contributed by atoms with van der Waals surface area (Å²) in [6, 6.07) is 13.9. The van der Waals surface area contributed by atoms with Gasteiger partial charge in [0.2, 0.25) is 9.84 Å². The first-order valence-corrected chi connectivity index (χ1v) is 9.61. The summed E-state index contributed by atoms with van der Waals surface area (Å²) in [5, 5.41) is 2.58. The highest BCUT2D eigenvalue weighted by atomic mass is 32.2. The fraction of sp³-hybridized carbons (Fsp3) is 0.278. The van der Waals surface area contributed by atoms with Crippen molar-refractivity contribution in [1.82, 2.24) is 4.90 Å². The third-order valence-corrected chi connectivity index (χ3v) is 5.03. The van der Waals surface area contributed by atoms with E-state index in [1.54, 1.807) is 4.90 Å². The van der Waals surface area contributed by atoms with Crippen LogP contribution in [0.1, 0.15) is 18.9 Å². The number of sulfone groups is 1. The zero-order chi connectivity index (χ0) is 19.2. The molecule has 0 aliphatic heterocycles. The molecule has 140 valence electrons. The van der Waals surface area contributed by atoms with Crippen LogP contribution in [-0.4, -0.2) is 31.7 Å². The van der Waals surface area contributed by atoms with Crippen molar-refractivity contribution in [2.24, 2.45) is 0 Å². The molecule has 0 spiro atoms. The SMILES string of the molecule is CCCN(Cc1ccccc1)C(=O)Nc1cccc(S(=O)(=O)C(F)F)c1. The number of anilines is 1. The van der Waals surface area contributed by atoms with Gasteiger partial charge in [-0.3, -0.25) is 0 Å². The Balaban J connectivity index is 2.16. The van der Waals surface area contributed by atoms with Crippen LogP contribution in [0, 0.1) is 0 Å². The first-order valence-electron chi connectivity index (χ1n) is 8.06. The van der Waals surface area contributed by atoms with Crippen molar-refractivity contribution in [3.8, 4) is 0 Å². The lowest BCUT2D eigenvalue weighted by molar-refractivity contribution is 0.209. The quantitative estimate of drug-likeness (QED) is 0.783. The van der Waals surface area contributed by atoms with E-state index < -0.39 is 26.5 Å². The fourth-order valence-corrected chi connectivity index (χ4v) is 3.15. The summed E-state index contributed by atoms with van der Waals surface area (Å²) in [5.41, 5.74) is 1.09. The zero-order valence-electron chi connectivity index (χ0n) is 14.2. The van der Waals surface area contributed by atoms with E-state index in [1.807, 2.05) is 37.3 Å². The second-order valence-electron chi connectivity index (χ2n) is 5.67. The summed E-state index contributed by atoms with van der Waals surface area (Å²) in [7, 11) is -4.71. The van der Waals surface area contributed by atoms with Gasteiger partial charge in [-0.15, -0.1) is 0 Å². The van der Waals surface area contributed by atoms with Gasteiger partial charge in [-0.25, -0.2) is 13.2 Å². The van der Waals surface area contributed by atoms with Gasteiger partial charge in [0.05, 0.1) is 4.90 Å². The van der Waals surface area contributed by atoms with Gasteiger partial charge in [-0.2, -0.15) is 8.78 Å². The highest BCUT2D eigenvalue weighted by Crippen LogP contribution is 2.21. The number of hydrogen-bond donors (Lipinski definition) is 1. The number of nitrogens with zero attached hydrogens (tertiary/aromatic N) is 1. The molecule has 2 amide bonds. The van der Waals surface area contributed by atoms with E-state index >= 15 is 0 Å². The van der Waals surface area contributed by atoms with Crippen molar-refractivity contribution in [2.45, 2.75) is 30.5 Å². The topological polar surface area (TPSA) is 66.5 Å². The predicted molar refractivity (Wildman–Crippen MR) is 95.8 cm³/mol. The maximum Gasteiger partial charge on any atom is 0.341 e. The second-order valence-corrected chi connectivity index (χ2v) is 7.59. The van der Waals surface area contributed by atoms with Crippen LogP contribution >= 0.6 is 0 Å². The molecular weight excluding hydrogens is 362 g/mol. The maximum absolute atomic E-state index is 12.7. The zero-order valence-corrected chi connectivity index (χ0v) is 15.0. The Morgan fingerprint density at radius 2 is 1.81 bits per heavy atom. The first kappa shape index (κ1) is 19.8. The molecule has 0 heterocycles. The molecule has 26 heavy (non-hydrogen) atoms. The third-order valence-electron chi connectivity index (χ3n) is 3.65. The van der Waals surface area contributed by atoms with Gasteiger partial charge in [0.15, 0.2) is 0 Å². The average molecular weight is 382 g/mol. The van der Waals surface area contributed by atoms with E-state index in [1.165, 1.54) is 12.1 Å². The van der Waals surface area contributed by atoms with Crippen molar-refractivity contribution in [3.63, 3.8) is 0 Å². The van der Waals surface area contributed by atoms with Crippen LogP contribution in [0.25, 0.3) is 0 Å². The number of amides is 2. The molecule has 0 saturated carbocycles. The third kappa shape index (κ3) is 5.01. The Labute approximate surface area is 151 Å². The van der Waals surface area contributed by atoms with Crippen LogP contribution in [0.15, 0.2) is 59.5 Å². The molecule has 2 rings (SSSR count). The summed E-state index contributed by atoms with van der Waals surface area (Å²) < 4.78 is 48.5. The minimum Gasteiger partial charge on any atom is -0.320 e. The molecule has 0 fully saturated rings. The predicted octanol–water partition coefficient (Wildman–Crippen LogP) is 4.13. The molecule has 0 unspecified atom stereocenters. The number of alkyl halides is 2. The number of carbonyl (C=O) groups excluding carboxylic acids is 1. The number of carbonyl (C=O) groups is 1. The standard InChI is InChI=1S/C18H20F2N2O3S/c1-2-11-22(13-14-7-4-3-5-8-14)18(23)21-15-9-6-10-16(12-15)26(24,25)17(19)20/h3-10,12,17H,2,11,13H2,1H3,(H,21,23). The summed E-state index contributed by atoms with van der Waals surface area (Å²) in [4.78, 5) is 13.6. The summed E-state index contributed by atoms with van der Waals surface area (Å²) in [6.07, 6.45) is 0.736. The van der Waals surface area contributed by atoms with Crippen LogP contribution in [0.3, 0.4) is 0 Å². The lowest BCUT2D eigenvalue weighted by Crippen LogP contribution is -2.35. The minimum atomic E-state index is -4.71. The number of halogens is 2. The van der Waals surface area contributed by atoms with Gasteiger partial charge in [0, 0.05) is 18.8 Å². The van der Waals surface area contributed by atoms with Crippen molar-refractivity contribution in [3.05, 3.63) is 60.2 Å². The van der Waals surface area contributed by atoms with Gasteiger partial charge in [-0.1, -0.05) is 43.3 Å². The average Bonchev–Trinajstić information content (AvgIpc) is 2.62. The highest BCUT2D eigenvalue weighted by molar-refractivity contribution is 7.91. The molecule has 1 N–H and O–H groups in total. The van der Waals surface area contributed by atoms with Crippen LogP contribution in [-0.2, 0) is 16.4 Å². The van der Waals surface area contributed by atoms with E-state index in [-0.39, 0.29) is 5.69 Å². The monoisotopic (exact) mass is 382 g/mol. The Morgan fingerprint density at radius 1 is 1.12 bits per heavy atom. The fourth-order valence-electron chi connectivity index (χ4n) is 2.38. The van der Waals surface area contributed by atoms with Crippen LogP contribution < -0.4 is 5.32 Å². The number of nitrogens with one attached hydrogen (secondary N) is 1. The molecule has 2 aromatic carbocycles. The molecule has 0 saturated heterocycles. The first-order chi connectivity index (χ1) is 12.3. The summed E-state index contributed by atoms with van der Waals surface area (Å²) >= 11 is 0. The van der Waals surface area contributed by atoms with Gasteiger partial charge < -0.3 is 10.2 Å². The minimum absolute atomic E-state index is 0.144. The Bertz CT molecular complexity index is 843. The van der Waals surface area contributed by atoms with E-state index in [0.29, 0.717) is 13.1 Å². The van der Waals surface area contributed by atoms with Crippen molar-refractivity contribution in [1.29, 1.82) is 0 Å². The van der Waals surface area contributed by atoms with Gasteiger partial charge in [-0.05, 0) is 30.2 Å². The molecule has 0 radical (unpaired) electrons. The number of hydrogen-bond acceptors (Lipinski definition) is 3. The molecule has 0 bridgehead atoms. The van der Waals surface area contributed by atoms with Crippen LogP contribution in [0.2, 0.25) is 0 Å². The number of urea groups is 1. The van der Waals surface area contributed by atoms with Crippen molar-refractivity contribution < 1.29 is 22.0 Å². The Kier molecular flexibility index (Phi) is 6.68. The number of rotatable bonds is 7. The van der Waals surface area contributed by atoms with E-state index in [0.717, 1.165) is 24.1 Å². The lowest BCUT2D eigenvalue weighted by Gasteiger charge is -2.23. The van der Waals surface area contributed by atoms with Gasteiger partial charge >= 0.3 is 11.8 Å². The lowest BCUT2D eigenvalue weighted by atomic mass is 10.2. The van der Waals surface area contributed by atoms with Crippen LogP contribution in [0.5, 0.6) is 0 Å². The molecule has 0 aliphatic carbocycles. The molecule has 2 aromatic rings. The molecule has 0 atom stereocenters. The van der Waals surface area contributed by atoms with Crippen molar-refractivity contribution >= 4 is 21.6 Å². The van der Waals surface area contributed by atoms with Crippen LogP contribution in [0.4, 0.5) is 19.3 Å². The Morgan fingerprint density at radius 3 is 2.42 bits per heavy atom. The molecule has 5 nitrogen and oxygen atoms in total. The largest absolute Gasteiger partial charge is 0.341 e. The second kappa shape index (κ2) is 8.75. The summed E-state index contributed by atoms with van der Waals surface area (Å²) in [6.45, 7) is 2.81. The van der Waals surface area contributed by atoms with E-state index in [2.05, 4.69) is 5.32 Å². The van der Waals surface area contributed by atoms with Gasteiger partial charge in [0.1, 0.15) is 0 Å². The smallest absolute Gasteiger partial charge is 0.320 e. The Hall–Kier alpha value is -2.48. The highest BCUT2D eigenvalue weighted by Gasteiger charge is 2.26. The van der Waals surface area contributed by atoms with E-state index in [9.17, 15) is 22.0 Å². The molecule has 0 aromatic heterocycles. The van der Waals surface area contributed by atoms with Gasteiger partial charge in [0.25, 0.3) is 0 Å². The number of benzene rings is 2. The maximum atomic E-state index is 12.7. The van der Waals surface area contributed by atoms with E-state index in [4.69, 9.17) is 0 Å². The molecular formula is C18H20F2N2O3S. The molecule has 8 heteroatoms. The summed E-state index contributed by atoms with van der Waals surface area (Å²) in [5.74, 6) is -3.51. The van der Waals surface area contributed by atoms with Crippen molar-refractivity contribution in [2.75, 3.05) is 11.9 Å². The molecule has 0 aliphatic rings. The normalized spacial score (nSPS) is 11.4.